The van der Waals surface area contributed by atoms with Crippen molar-refractivity contribution in [3.8, 4) is 0 Å². The van der Waals surface area contributed by atoms with E-state index in [4.69, 9.17) is 4.52 Å². The van der Waals surface area contributed by atoms with Crippen molar-refractivity contribution in [2.75, 3.05) is 6.54 Å². The average Bonchev–Trinajstić information content (AvgIpc) is 2.98. The van der Waals surface area contributed by atoms with Gasteiger partial charge in [-0.05, 0) is 37.3 Å². The second-order valence-electron chi connectivity index (χ2n) is 5.02. The van der Waals surface area contributed by atoms with Crippen molar-refractivity contribution >= 4 is 21.4 Å². The summed E-state index contributed by atoms with van der Waals surface area (Å²) >= 11 is 1.70. The maximum absolute atomic E-state index is 12.6. The third-order valence-corrected chi connectivity index (χ3v) is 6.46. The zero-order valence-corrected chi connectivity index (χ0v) is 13.0. The Bertz CT molecular complexity index is 718. The van der Waals surface area contributed by atoms with E-state index in [9.17, 15) is 8.42 Å². The molecule has 2 aromatic rings. The molecule has 1 aliphatic heterocycles. The molecule has 2 aromatic heterocycles. The molecular weight excluding hydrogens is 296 g/mol. The summed E-state index contributed by atoms with van der Waals surface area (Å²) in [7, 11) is -3.38. The summed E-state index contributed by atoms with van der Waals surface area (Å²) in [5.74, 6) is 0.524. The monoisotopic (exact) mass is 312 g/mol. The molecule has 3 rings (SSSR count). The van der Waals surface area contributed by atoms with Gasteiger partial charge in [0.25, 0.3) is 0 Å². The molecule has 0 spiro atoms. The normalized spacial score (nSPS) is 20.0. The standard InChI is InChI=1S/C13H16N2O3S2/c1-9-7-11(14-18-9)8-20(16,17)15-5-3-13-12(10(15)2)4-6-19-13/h4,6-7,10H,3,5,8H2,1-2H3/t10-/m1/s1. The van der Waals surface area contributed by atoms with Crippen molar-refractivity contribution in [2.45, 2.75) is 32.1 Å². The van der Waals surface area contributed by atoms with E-state index in [0.717, 1.165) is 12.0 Å². The average molecular weight is 312 g/mol. The van der Waals surface area contributed by atoms with Crippen LogP contribution in [0.5, 0.6) is 0 Å². The zero-order chi connectivity index (χ0) is 14.3. The minimum absolute atomic E-state index is 0.103. The highest BCUT2D eigenvalue weighted by molar-refractivity contribution is 7.88. The minimum atomic E-state index is -3.38. The van der Waals surface area contributed by atoms with Crippen LogP contribution in [0, 0.1) is 6.92 Å². The molecule has 0 N–H and O–H groups in total. The van der Waals surface area contributed by atoms with Gasteiger partial charge in [-0.25, -0.2) is 8.42 Å². The lowest BCUT2D eigenvalue weighted by molar-refractivity contribution is 0.327. The number of rotatable bonds is 3. The van der Waals surface area contributed by atoms with Gasteiger partial charge in [-0.15, -0.1) is 11.3 Å². The first-order chi connectivity index (χ1) is 9.47. The molecule has 0 saturated heterocycles. The van der Waals surface area contributed by atoms with E-state index in [2.05, 4.69) is 5.16 Å². The number of hydrogen-bond donors (Lipinski definition) is 0. The van der Waals surface area contributed by atoms with Gasteiger partial charge in [-0.1, -0.05) is 5.16 Å². The highest BCUT2D eigenvalue weighted by atomic mass is 32.2. The van der Waals surface area contributed by atoms with Crippen LogP contribution >= 0.6 is 11.3 Å². The second-order valence-corrected chi connectivity index (χ2v) is 7.94. The van der Waals surface area contributed by atoms with Crippen LogP contribution in [0.25, 0.3) is 0 Å². The topological polar surface area (TPSA) is 63.4 Å². The number of aryl methyl sites for hydroxylation is 1. The van der Waals surface area contributed by atoms with E-state index in [1.807, 2.05) is 18.4 Å². The molecule has 0 fully saturated rings. The third kappa shape index (κ3) is 2.41. The second kappa shape index (κ2) is 4.98. The summed E-state index contributed by atoms with van der Waals surface area (Å²) in [5, 5.41) is 5.80. The largest absolute Gasteiger partial charge is 0.361 e. The number of sulfonamides is 1. The molecule has 0 amide bonds. The first kappa shape index (κ1) is 13.8. The molecule has 0 unspecified atom stereocenters. The summed E-state index contributed by atoms with van der Waals surface area (Å²) < 4.78 is 31.6. The Morgan fingerprint density at radius 1 is 1.55 bits per heavy atom. The van der Waals surface area contributed by atoms with Crippen molar-refractivity contribution in [3.05, 3.63) is 39.4 Å². The molecule has 3 heterocycles. The molecule has 0 saturated carbocycles. The summed E-state index contributed by atoms with van der Waals surface area (Å²) in [6.07, 6.45) is 0.786. The Hall–Kier alpha value is -1.18. The minimum Gasteiger partial charge on any atom is -0.361 e. The van der Waals surface area contributed by atoms with E-state index in [1.54, 1.807) is 28.6 Å². The number of nitrogens with zero attached hydrogens (tertiary/aromatic N) is 2. The van der Waals surface area contributed by atoms with Crippen LogP contribution in [0.4, 0.5) is 0 Å². The fourth-order valence-electron chi connectivity index (χ4n) is 2.62. The molecule has 5 nitrogen and oxygen atoms in total. The van der Waals surface area contributed by atoms with Gasteiger partial charge in [-0.3, -0.25) is 0 Å². The van der Waals surface area contributed by atoms with Crippen LogP contribution in [-0.4, -0.2) is 24.4 Å². The predicted molar refractivity (Wildman–Crippen MR) is 77.0 cm³/mol. The first-order valence-electron chi connectivity index (χ1n) is 6.45. The summed E-state index contributed by atoms with van der Waals surface area (Å²) in [5.41, 5.74) is 1.59. The maximum Gasteiger partial charge on any atom is 0.220 e. The van der Waals surface area contributed by atoms with Crippen LogP contribution < -0.4 is 0 Å². The Morgan fingerprint density at radius 2 is 2.35 bits per heavy atom. The van der Waals surface area contributed by atoms with Gasteiger partial charge in [0.15, 0.2) is 0 Å². The predicted octanol–water partition coefficient (Wildman–Crippen LogP) is 2.49. The van der Waals surface area contributed by atoms with Crippen LogP contribution in [0.3, 0.4) is 0 Å². The molecule has 108 valence electrons. The molecule has 20 heavy (non-hydrogen) atoms. The van der Waals surface area contributed by atoms with Crippen molar-refractivity contribution in [1.82, 2.24) is 9.46 Å². The Labute approximate surface area is 122 Å². The van der Waals surface area contributed by atoms with Crippen LogP contribution in [0.2, 0.25) is 0 Å². The van der Waals surface area contributed by atoms with Gasteiger partial charge in [0.2, 0.25) is 10.0 Å². The summed E-state index contributed by atoms with van der Waals surface area (Å²) in [6, 6.07) is 3.58. The molecule has 1 atom stereocenters. The highest BCUT2D eigenvalue weighted by Crippen LogP contribution is 2.35. The van der Waals surface area contributed by atoms with Crippen LogP contribution in [0.1, 0.15) is 34.9 Å². The summed E-state index contributed by atoms with van der Waals surface area (Å²) in [4.78, 5) is 1.29. The number of thiophene rings is 1. The number of aromatic nitrogens is 1. The lowest BCUT2D eigenvalue weighted by Gasteiger charge is -2.32. The lowest BCUT2D eigenvalue weighted by Crippen LogP contribution is -2.38. The molecule has 0 aliphatic carbocycles. The van der Waals surface area contributed by atoms with Gasteiger partial charge in [0.05, 0.1) is 0 Å². The van der Waals surface area contributed by atoms with E-state index in [-0.39, 0.29) is 11.8 Å². The SMILES string of the molecule is Cc1cc(CS(=O)(=O)N2CCc3sccc3[C@H]2C)no1. The Balaban J connectivity index is 1.85. The molecule has 0 aromatic carbocycles. The van der Waals surface area contributed by atoms with Gasteiger partial charge >= 0.3 is 0 Å². The number of hydrogen-bond acceptors (Lipinski definition) is 5. The zero-order valence-electron chi connectivity index (χ0n) is 11.4. The fourth-order valence-corrected chi connectivity index (χ4v) is 5.23. The van der Waals surface area contributed by atoms with E-state index >= 15 is 0 Å². The fraction of sp³-hybridized carbons (Fsp3) is 0.462. The molecule has 7 heteroatoms. The van der Waals surface area contributed by atoms with E-state index in [1.165, 1.54) is 4.88 Å². The van der Waals surface area contributed by atoms with Gasteiger partial charge in [0, 0.05) is 23.5 Å². The lowest BCUT2D eigenvalue weighted by atomic mass is 10.0. The molecule has 0 radical (unpaired) electrons. The maximum atomic E-state index is 12.6. The van der Waals surface area contributed by atoms with Crippen molar-refractivity contribution in [1.29, 1.82) is 0 Å². The third-order valence-electron chi connectivity index (χ3n) is 3.59. The smallest absolute Gasteiger partial charge is 0.220 e. The Kier molecular flexibility index (Phi) is 3.43. The Morgan fingerprint density at radius 3 is 3.05 bits per heavy atom. The van der Waals surface area contributed by atoms with Crippen LogP contribution in [0.15, 0.2) is 22.0 Å². The quantitative estimate of drug-likeness (QED) is 0.873. The molecule has 1 aliphatic rings. The van der Waals surface area contributed by atoms with Crippen molar-refractivity contribution in [2.24, 2.45) is 0 Å². The highest BCUT2D eigenvalue weighted by Gasteiger charge is 2.33. The number of fused-ring (bicyclic) bond motifs is 1. The summed E-state index contributed by atoms with van der Waals surface area (Å²) in [6.45, 7) is 4.23. The molecule has 0 bridgehead atoms. The van der Waals surface area contributed by atoms with Gasteiger partial charge < -0.3 is 4.52 Å². The van der Waals surface area contributed by atoms with Gasteiger partial charge in [0.1, 0.15) is 17.2 Å². The van der Waals surface area contributed by atoms with Crippen LogP contribution in [-0.2, 0) is 22.2 Å². The first-order valence-corrected chi connectivity index (χ1v) is 8.94. The van der Waals surface area contributed by atoms with Crippen molar-refractivity contribution in [3.63, 3.8) is 0 Å². The van der Waals surface area contributed by atoms with Gasteiger partial charge in [-0.2, -0.15) is 4.31 Å². The van der Waals surface area contributed by atoms with E-state index < -0.39 is 10.0 Å². The molecular formula is C13H16N2O3S2. The van der Waals surface area contributed by atoms with Crippen molar-refractivity contribution < 1.29 is 12.9 Å². The van der Waals surface area contributed by atoms with E-state index in [0.29, 0.717) is 18.0 Å².